The fourth-order valence-electron chi connectivity index (χ4n) is 3.63. The molecule has 0 atom stereocenters. The average molecular weight is 278 g/mol. The van der Waals surface area contributed by atoms with Gasteiger partial charge in [-0.05, 0) is 44.2 Å². The van der Waals surface area contributed by atoms with Crippen LogP contribution in [-0.2, 0) is 13.6 Å². The first-order chi connectivity index (χ1) is 9.63. The highest BCUT2D eigenvalue weighted by molar-refractivity contribution is 5.03. The van der Waals surface area contributed by atoms with Gasteiger partial charge in [0.25, 0.3) is 0 Å². The first kappa shape index (κ1) is 15.5. The lowest BCUT2D eigenvalue weighted by Gasteiger charge is -2.47. The minimum absolute atomic E-state index is 0.192. The van der Waals surface area contributed by atoms with Crippen molar-refractivity contribution in [1.29, 1.82) is 0 Å². The van der Waals surface area contributed by atoms with Gasteiger partial charge < -0.3 is 5.73 Å². The molecular weight excluding hydrogens is 248 g/mol. The molecule has 0 saturated heterocycles. The Bertz CT molecular complexity index is 404. The van der Waals surface area contributed by atoms with Gasteiger partial charge in [0.15, 0.2) is 0 Å². The van der Waals surface area contributed by atoms with Crippen molar-refractivity contribution in [3.05, 3.63) is 18.0 Å². The largest absolute Gasteiger partial charge is 0.329 e. The van der Waals surface area contributed by atoms with Crippen LogP contribution in [0, 0.1) is 5.92 Å². The lowest BCUT2D eigenvalue weighted by atomic mass is 9.74. The second-order valence-electron chi connectivity index (χ2n) is 6.28. The van der Waals surface area contributed by atoms with Gasteiger partial charge in [0.05, 0.1) is 5.69 Å². The number of nitrogens with two attached hydrogens (primary N) is 1. The van der Waals surface area contributed by atoms with E-state index in [1.54, 1.807) is 0 Å². The Balaban J connectivity index is 2.07. The Labute approximate surface area is 123 Å². The van der Waals surface area contributed by atoms with Crippen LogP contribution in [0.3, 0.4) is 0 Å². The molecule has 0 unspecified atom stereocenters. The van der Waals surface area contributed by atoms with Gasteiger partial charge in [0.1, 0.15) is 0 Å². The third-order valence-corrected chi connectivity index (χ3v) is 5.17. The summed E-state index contributed by atoms with van der Waals surface area (Å²) in [4.78, 5) is 2.56. The van der Waals surface area contributed by atoms with E-state index in [4.69, 9.17) is 5.73 Å². The van der Waals surface area contributed by atoms with Crippen molar-refractivity contribution in [2.75, 3.05) is 13.1 Å². The molecule has 1 aromatic heterocycles. The van der Waals surface area contributed by atoms with Gasteiger partial charge in [-0.1, -0.05) is 20.3 Å². The summed E-state index contributed by atoms with van der Waals surface area (Å²) in [5, 5.41) is 4.52. The molecule has 0 aromatic carbocycles. The molecule has 1 saturated carbocycles. The Hall–Kier alpha value is -0.870. The van der Waals surface area contributed by atoms with Crippen molar-refractivity contribution >= 4 is 0 Å². The molecule has 2 rings (SSSR count). The average Bonchev–Trinajstić information content (AvgIpc) is 2.90. The zero-order valence-electron chi connectivity index (χ0n) is 13.3. The van der Waals surface area contributed by atoms with Crippen LogP contribution in [0.1, 0.15) is 51.6 Å². The van der Waals surface area contributed by atoms with Gasteiger partial charge in [-0.15, -0.1) is 0 Å². The van der Waals surface area contributed by atoms with Gasteiger partial charge in [-0.2, -0.15) is 5.10 Å². The van der Waals surface area contributed by atoms with E-state index >= 15 is 0 Å². The summed E-state index contributed by atoms with van der Waals surface area (Å²) in [6.07, 6.45) is 8.46. The van der Waals surface area contributed by atoms with Crippen molar-refractivity contribution in [2.24, 2.45) is 18.7 Å². The number of hydrogen-bond donors (Lipinski definition) is 1. The minimum atomic E-state index is 0.192. The Morgan fingerprint density at radius 1 is 1.40 bits per heavy atom. The topological polar surface area (TPSA) is 47.1 Å². The monoisotopic (exact) mass is 278 g/mol. The van der Waals surface area contributed by atoms with E-state index < -0.39 is 0 Å². The lowest BCUT2D eigenvalue weighted by Crippen LogP contribution is -2.55. The maximum absolute atomic E-state index is 6.19. The van der Waals surface area contributed by atoms with E-state index in [9.17, 15) is 0 Å². The fraction of sp³-hybridized carbons (Fsp3) is 0.812. The van der Waals surface area contributed by atoms with Crippen LogP contribution in [0.15, 0.2) is 12.3 Å². The van der Waals surface area contributed by atoms with Crippen LogP contribution in [0.25, 0.3) is 0 Å². The molecule has 1 aromatic rings. The maximum atomic E-state index is 6.19. The summed E-state index contributed by atoms with van der Waals surface area (Å²) in [7, 11) is 1.98. The molecule has 2 N–H and O–H groups in total. The summed E-state index contributed by atoms with van der Waals surface area (Å²) >= 11 is 0. The number of nitrogens with zero attached hydrogens (tertiary/aromatic N) is 3. The normalized spacial score (nSPS) is 27.1. The van der Waals surface area contributed by atoms with Crippen molar-refractivity contribution < 1.29 is 0 Å². The third-order valence-electron chi connectivity index (χ3n) is 5.17. The zero-order valence-corrected chi connectivity index (χ0v) is 13.3. The minimum Gasteiger partial charge on any atom is -0.329 e. The Morgan fingerprint density at radius 3 is 2.55 bits per heavy atom. The highest BCUT2D eigenvalue weighted by Crippen LogP contribution is 2.37. The standard InChI is InChI=1S/C16H30N4/c1-4-14-6-9-16(13-17,10-7-14)20(5-2)12-15-8-11-19(3)18-15/h8,11,14H,4-7,9-10,12-13,17H2,1-3H3. The van der Waals surface area contributed by atoms with E-state index in [0.717, 1.165) is 31.2 Å². The first-order valence-corrected chi connectivity index (χ1v) is 8.07. The third kappa shape index (κ3) is 3.23. The van der Waals surface area contributed by atoms with E-state index in [1.807, 2.05) is 17.9 Å². The quantitative estimate of drug-likeness (QED) is 0.870. The van der Waals surface area contributed by atoms with Crippen LogP contribution >= 0.6 is 0 Å². The Kier molecular flexibility index (Phi) is 5.22. The highest BCUT2D eigenvalue weighted by Gasteiger charge is 2.38. The number of aryl methyl sites for hydroxylation is 1. The predicted octanol–water partition coefficient (Wildman–Crippen LogP) is 2.54. The molecule has 0 aliphatic heterocycles. The Morgan fingerprint density at radius 2 is 2.10 bits per heavy atom. The summed E-state index contributed by atoms with van der Waals surface area (Å²) in [5.74, 6) is 0.906. The molecule has 0 radical (unpaired) electrons. The van der Waals surface area contributed by atoms with E-state index in [1.165, 1.54) is 32.1 Å². The van der Waals surface area contributed by atoms with Gasteiger partial charge in [0.2, 0.25) is 0 Å². The fourth-order valence-corrected chi connectivity index (χ4v) is 3.63. The van der Waals surface area contributed by atoms with Crippen molar-refractivity contribution in [3.8, 4) is 0 Å². The van der Waals surface area contributed by atoms with E-state index in [-0.39, 0.29) is 5.54 Å². The molecule has 0 spiro atoms. The van der Waals surface area contributed by atoms with Crippen molar-refractivity contribution in [3.63, 3.8) is 0 Å². The summed E-state index contributed by atoms with van der Waals surface area (Å²) < 4.78 is 1.88. The van der Waals surface area contributed by atoms with E-state index in [2.05, 4.69) is 29.9 Å². The van der Waals surface area contributed by atoms with Crippen LogP contribution in [0.4, 0.5) is 0 Å². The SMILES string of the molecule is CCC1CCC(CN)(N(CC)Cc2ccn(C)n2)CC1. The van der Waals surface area contributed by atoms with E-state index in [0.29, 0.717) is 0 Å². The molecular formula is C16H30N4. The highest BCUT2D eigenvalue weighted by atomic mass is 15.3. The number of hydrogen-bond acceptors (Lipinski definition) is 3. The summed E-state index contributed by atoms with van der Waals surface area (Å²) in [6, 6.07) is 2.12. The number of aromatic nitrogens is 2. The molecule has 4 heteroatoms. The van der Waals surface area contributed by atoms with Crippen LogP contribution in [0.2, 0.25) is 0 Å². The molecule has 1 aliphatic carbocycles. The summed E-state index contributed by atoms with van der Waals surface area (Å²) in [6.45, 7) is 7.29. The van der Waals surface area contributed by atoms with Crippen molar-refractivity contribution in [1.82, 2.24) is 14.7 Å². The lowest BCUT2D eigenvalue weighted by molar-refractivity contribution is 0.0382. The van der Waals surface area contributed by atoms with Gasteiger partial charge in [-0.3, -0.25) is 9.58 Å². The van der Waals surface area contributed by atoms with Crippen molar-refractivity contribution in [2.45, 2.75) is 58.0 Å². The molecule has 1 aliphatic rings. The second kappa shape index (κ2) is 6.72. The number of rotatable bonds is 6. The molecule has 0 amide bonds. The van der Waals surface area contributed by atoms with Gasteiger partial charge >= 0.3 is 0 Å². The molecule has 0 bridgehead atoms. The maximum Gasteiger partial charge on any atom is 0.0764 e. The van der Waals surface area contributed by atoms with Crippen LogP contribution in [-0.4, -0.2) is 33.3 Å². The molecule has 1 heterocycles. The zero-order chi connectivity index (χ0) is 14.6. The van der Waals surface area contributed by atoms with Crippen LogP contribution in [0.5, 0.6) is 0 Å². The smallest absolute Gasteiger partial charge is 0.0764 e. The predicted molar refractivity (Wildman–Crippen MR) is 83.3 cm³/mol. The second-order valence-corrected chi connectivity index (χ2v) is 6.28. The number of likely N-dealkylation sites (N-methyl/N-ethyl adjacent to an activating group) is 1. The molecule has 4 nitrogen and oxygen atoms in total. The van der Waals surface area contributed by atoms with Gasteiger partial charge in [0, 0.05) is 31.9 Å². The first-order valence-electron chi connectivity index (χ1n) is 8.07. The summed E-state index contributed by atoms with van der Waals surface area (Å²) in [5.41, 5.74) is 7.54. The molecule has 20 heavy (non-hydrogen) atoms. The molecule has 114 valence electrons. The van der Waals surface area contributed by atoms with Gasteiger partial charge in [-0.25, -0.2) is 0 Å². The molecule has 1 fully saturated rings. The van der Waals surface area contributed by atoms with Crippen LogP contribution < -0.4 is 5.73 Å².